The van der Waals surface area contributed by atoms with Crippen molar-refractivity contribution in [3.8, 4) is 0 Å². The highest BCUT2D eigenvalue weighted by atomic mass is 16.1. The molecule has 0 N–H and O–H groups in total. The normalized spacial score (nSPS) is 41.9. The molecule has 0 unspecified atom stereocenters. The number of nitrogens with zero attached hydrogens (tertiary/aromatic N) is 1. The highest BCUT2D eigenvalue weighted by Gasteiger charge is 2.57. The van der Waals surface area contributed by atoms with Crippen molar-refractivity contribution >= 4 is 5.78 Å². The summed E-state index contributed by atoms with van der Waals surface area (Å²) in [5.41, 5.74) is 4.85. The Morgan fingerprint density at radius 2 is 1.68 bits per heavy atom. The Balaban J connectivity index is 1.70. The lowest BCUT2D eigenvalue weighted by Gasteiger charge is -2.51. The van der Waals surface area contributed by atoms with Crippen LogP contribution in [-0.4, -0.2) is 30.8 Å². The van der Waals surface area contributed by atoms with E-state index in [1.54, 1.807) is 18.1 Å². The number of Topliss-reactive ketones (excluding diaryl/α,β-unsaturated/α-hetero) is 1. The maximum Gasteiger partial charge on any atom is 0.156 e. The van der Waals surface area contributed by atoms with Gasteiger partial charge in [-0.1, -0.05) is 51.5 Å². The number of carbonyl (C=O) groups excluding carboxylic acids is 1. The maximum atomic E-state index is 12.4. The zero-order valence-corrected chi connectivity index (χ0v) is 19.1. The maximum absolute atomic E-state index is 12.4. The molecule has 0 heterocycles. The summed E-state index contributed by atoms with van der Waals surface area (Å²) < 4.78 is 0. The molecule has 0 spiro atoms. The van der Waals surface area contributed by atoms with Gasteiger partial charge >= 0.3 is 0 Å². The molecule has 154 valence electrons. The van der Waals surface area contributed by atoms with Gasteiger partial charge in [0.25, 0.3) is 0 Å². The summed E-state index contributed by atoms with van der Waals surface area (Å²) in [7, 11) is 4.50. The highest BCUT2D eigenvalue weighted by Crippen LogP contribution is 2.65. The molecule has 0 aromatic rings. The zero-order chi connectivity index (χ0) is 20.5. The first-order valence-corrected chi connectivity index (χ1v) is 11.3. The molecule has 4 aliphatic rings. The second-order valence-corrected chi connectivity index (χ2v) is 11.3. The summed E-state index contributed by atoms with van der Waals surface area (Å²) in [6, 6.07) is 0.655. The fraction of sp³-hybridized carbons (Fsp3) is 0.731. The van der Waals surface area contributed by atoms with Crippen molar-refractivity contribution in [2.45, 2.75) is 79.2 Å². The second kappa shape index (κ2) is 6.42. The highest BCUT2D eigenvalue weighted by molar-refractivity contribution is 5.95. The van der Waals surface area contributed by atoms with Gasteiger partial charge in [0, 0.05) is 11.5 Å². The monoisotopic (exact) mass is 381 g/mol. The van der Waals surface area contributed by atoms with Crippen LogP contribution in [0.15, 0.2) is 34.9 Å². The van der Waals surface area contributed by atoms with Crippen LogP contribution >= 0.6 is 0 Å². The summed E-state index contributed by atoms with van der Waals surface area (Å²) in [6.07, 6.45) is 14.5. The van der Waals surface area contributed by atoms with Gasteiger partial charge in [0.2, 0.25) is 0 Å². The largest absolute Gasteiger partial charge is 0.306 e. The third-order valence-corrected chi connectivity index (χ3v) is 9.51. The van der Waals surface area contributed by atoms with Gasteiger partial charge in [-0.3, -0.25) is 4.79 Å². The molecule has 2 nitrogen and oxygen atoms in total. The first kappa shape index (κ1) is 20.1. The predicted molar refractivity (Wildman–Crippen MR) is 117 cm³/mol. The van der Waals surface area contributed by atoms with Crippen LogP contribution in [0.3, 0.4) is 0 Å². The van der Waals surface area contributed by atoms with Crippen molar-refractivity contribution in [2.24, 2.45) is 28.1 Å². The molecule has 1 fully saturated rings. The number of ketones is 1. The zero-order valence-electron chi connectivity index (χ0n) is 19.1. The van der Waals surface area contributed by atoms with Gasteiger partial charge in [0.05, 0.1) is 0 Å². The first-order chi connectivity index (χ1) is 13.0. The molecule has 0 aromatic heterocycles. The summed E-state index contributed by atoms with van der Waals surface area (Å²) in [6.45, 7) is 11.6. The third-order valence-electron chi connectivity index (χ3n) is 9.51. The number of rotatable bonds is 2. The van der Waals surface area contributed by atoms with Crippen LogP contribution in [0.1, 0.15) is 73.1 Å². The van der Waals surface area contributed by atoms with Crippen molar-refractivity contribution in [3.63, 3.8) is 0 Å². The molecule has 5 atom stereocenters. The van der Waals surface area contributed by atoms with E-state index in [1.165, 1.54) is 25.7 Å². The van der Waals surface area contributed by atoms with Crippen molar-refractivity contribution < 1.29 is 4.79 Å². The Hall–Kier alpha value is -1.15. The number of fused-ring (bicyclic) bond motifs is 4. The number of allylic oxidation sites excluding steroid dienone is 6. The van der Waals surface area contributed by atoms with E-state index < -0.39 is 0 Å². The van der Waals surface area contributed by atoms with Gasteiger partial charge < -0.3 is 4.90 Å². The Labute approximate surface area is 172 Å². The Morgan fingerprint density at radius 1 is 1.00 bits per heavy atom. The van der Waals surface area contributed by atoms with Crippen molar-refractivity contribution in [3.05, 3.63) is 34.9 Å². The van der Waals surface area contributed by atoms with E-state index in [0.29, 0.717) is 23.3 Å². The van der Waals surface area contributed by atoms with E-state index in [0.717, 1.165) is 18.4 Å². The van der Waals surface area contributed by atoms with E-state index in [2.05, 4.69) is 64.9 Å². The van der Waals surface area contributed by atoms with Gasteiger partial charge in [0.15, 0.2) is 5.78 Å². The summed E-state index contributed by atoms with van der Waals surface area (Å²) in [4.78, 5) is 14.8. The van der Waals surface area contributed by atoms with Crippen LogP contribution < -0.4 is 0 Å². The number of hydrogen-bond acceptors (Lipinski definition) is 2. The predicted octanol–water partition coefficient (Wildman–Crippen LogP) is 5.95. The van der Waals surface area contributed by atoms with Gasteiger partial charge in [-0.2, -0.15) is 0 Å². The lowest BCUT2D eigenvalue weighted by Crippen LogP contribution is -2.49. The molecule has 4 rings (SSSR count). The van der Waals surface area contributed by atoms with E-state index in [1.807, 2.05) is 0 Å². The fourth-order valence-corrected chi connectivity index (χ4v) is 7.71. The van der Waals surface area contributed by atoms with E-state index >= 15 is 0 Å². The fourth-order valence-electron chi connectivity index (χ4n) is 7.71. The molecular weight excluding hydrogens is 342 g/mol. The number of hydrogen-bond donors (Lipinski definition) is 0. The SMILES string of the molecule is CC(=O)C1=CC[C@@]2(C)[C@H]3CC[C@H]4C(=CC3=CC[C@]12C)CC[C@@H](N(C)C)C4(C)C. The molecule has 28 heavy (non-hydrogen) atoms. The van der Waals surface area contributed by atoms with Crippen LogP contribution in [0.5, 0.6) is 0 Å². The lowest BCUT2D eigenvalue weighted by molar-refractivity contribution is -0.115. The smallest absolute Gasteiger partial charge is 0.156 e. The number of carbonyl (C=O) groups is 1. The molecule has 4 aliphatic carbocycles. The topological polar surface area (TPSA) is 20.3 Å². The molecular formula is C26H39NO. The minimum atomic E-state index is 0.00269. The van der Waals surface area contributed by atoms with Crippen LogP contribution in [0.25, 0.3) is 0 Å². The van der Waals surface area contributed by atoms with Crippen LogP contribution in [0.4, 0.5) is 0 Å². The van der Waals surface area contributed by atoms with Crippen molar-refractivity contribution in [2.75, 3.05) is 14.1 Å². The minimum absolute atomic E-state index is 0.00269. The van der Waals surface area contributed by atoms with Gasteiger partial charge in [-0.15, -0.1) is 0 Å². The average molecular weight is 382 g/mol. The Kier molecular flexibility index (Phi) is 4.62. The van der Waals surface area contributed by atoms with E-state index in [4.69, 9.17) is 0 Å². The van der Waals surface area contributed by atoms with Gasteiger partial charge in [0.1, 0.15) is 0 Å². The minimum Gasteiger partial charge on any atom is -0.306 e. The average Bonchev–Trinajstić information content (AvgIpc) is 2.75. The summed E-state index contributed by atoms with van der Waals surface area (Å²) in [5.74, 6) is 1.53. The molecule has 0 aliphatic heterocycles. The van der Waals surface area contributed by atoms with E-state index in [9.17, 15) is 4.79 Å². The lowest BCUT2D eigenvalue weighted by atomic mass is 9.52. The molecule has 0 aromatic carbocycles. The first-order valence-electron chi connectivity index (χ1n) is 11.3. The molecule has 0 amide bonds. The molecule has 1 saturated carbocycles. The van der Waals surface area contributed by atoms with E-state index in [-0.39, 0.29) is 16.6 Å². The molecule has 0 saturated heterocycles. The van der Waals surface area contributed by atoms with Crippen LogP contribution in [-0.2, 0) is 4.79 Å². The van der Waals surface area contributed by atoms with Crippen molar-refractivity contribution in [1.82, 2.24) is 4.90 Å². The second-order valence-electron chi connectivity index (χ2n) is 11.3. The molecule has 0 bridgehead atoms. The molecule has 2 heteroatoms. The third kappa shape index (κ3) is 2.59. The molecule has 0 radical (unpaired) electrons. The van der Waals surface area contributed by atoms with Gasteiger partial charge in [-0.05, 0) is 93.4 Å². The standard InChI is InChI=1S/C26H39NO/c1-17(28)20-13-15-26(5)22-10-9-21-18(16-19(22)12-14-25(20,26)4)8-11-23(27(6)7)24(21,2)3/h12-13,16,21-23H,8-11,14-15H2,1-7H3/t21-,22-,23+,25+,26-/m0/s1. The Bertz CT molecular complexity index is 782. The summed E-state index contributed by atoms with van der Waals surface area (Å²) in [5, 5.41) is 0. The summed E-state index contributed by atoms with van der Waals surface area (Å²) >= 11 is 0. The van der Waals surface area contributed by atoms with Gasteiger partial charge in [-0.25, -0.2) is 0 Å². The van der Waals surface area contributed by atoms with Crippen LogP contribution in [0, 0.1) is 28.1 Å². The van der Waals surface area contributed by atoms with Crippen LogP contribution in [0.2, 0.25) is 0 Å². The quantitative estimate of drug-likeness (QED) is 0.589. The van der Waals surface area contributed by atoms with Crippen molar-refractivity contribution in [1.29, 1.82) is 0 Å². The Morgan fingerprint density at radius 3 is 2.32 bits per heavy atom.